The van der Waals surface area contributed by atoms with Crippen LogP contribution in [-0.4, -0.2) is 28.8 Å². The van der Waals surface area contributed by atoms with E-state index in [1.54, 1.807) is 4.90 Å². The first kappa shape index (κ1) is 11.0. The van der Waals surface area contributed by atoms with E-state index in [4.69, 9.17) is 0 Å². The summed E-state index contributed by atoms with van der Waals surface area (Å²) >= 11 is 0. The maximum Gasteiger partial charge on any atom is 0.246 e. The Balaban J connectivity index is 1.69. The monoisotopic (exact) mass is 256 g/mol. The molecule has 1 aromatic carbocycles. The van der Waals surface area contributed by atoms with Crippen LogP contribution in [0.3, 0.4) is 0 Å². The molecule has 3 aliphatic rings. The molecule has 98 valence electrons. The van der Waals surface area contributed by atoms with E-state index >= 15 is 0 Å². The van der Waals surface area contributed by atoms with E-state index in [2.05, 4.69) is 17.4 Å². The second kappa shape index (κ2) is 3.83. The third kappa shape index (κ3) is 1.66. The van der Waals surface area contributed by atoms with Gasteiger partial charge in [0.1, 0.15) is 12.1 Å². The predicted octanol–water partition coefficient (Wildman–Crippen LogP) is 0.848. The quantitative estimate of drug-likeness (QED) is 0.809. The van der Waals surface area contributed by atoms with Gasteiger partial charge in [-0.05, 0) is 29.9 Å². The molecule has 2 heterocycles. The van der Waals surface area contributed by atoms with E-state index < -0.39 is 0 Å². The minimum absolute atomic E-state index is 0.0194. The second-order valence-electron chi connectivity index (χ2n) is 5.78. The summed E-state index contributed by atoms with van der Waals surface area (Å²) < 4.78 is 0. The van der Waals surface area contributed by atoms with Gasteiger partial charge in [-0.1, -0.05) is 24.3 Å². The van der Waals surface area contributed by atoms with Crippen molar-refractivity contribution in [3.8, 4) is 0 Å². The second-order valence-corrected chi connectivity index (χ2v) is 5.78. The van der Waals surface area contributed by atoms with Crippen LogP contribution < -0.4 is 5.32 Å². The first-order chi connectivity index (χ1) is 9.24. The molecule has 2 atom stereocenters. The third-order valence-electron chi connectivity index (χ3n) is 4.49. The lowest BCUT2D eigenvalue weighted by atomic mass is 9.90. The SMILES string of the molecule is O=C1N[C@@H](C2CC2)C(=O)N2Cc3ccccc3C[C@H]12. The molecule has 4 rings (SSSR count). The van der Waals surface area contributed by atoms with Crippen LogP contribution in [0.15, 0.2) is 24.3 Å². The molecule has 0 spiro atoms. The van der Waals surface area contributed by atoms with Crippen LogP contribution in [0.5, 0.6) is 0 Å². The lowest BCUT2D eigenvalue weighted by Gasteiger charge is -2.42. The van der Waals surface area contributed by atoms with Gasteiger partial charge in [-0.25, -0.2) is 0 Å². The zero-order chi connectivity index (χ0) is 13.0. The van der Waals surface area contributed by atoms with E-state index in [1.165, 1.54) is 11.1 Å². The van der Waals surface area contributed by atoms with Crippen molar-refractivity contribution in [3.05, 3.63) is 35.4 Å². The standard InChI is InChI=1S/C15H16N2O2/c18-14-12-7-10-3-1-2-4-11(10)8-17(12)15(19)13(16-14)9-5-6-9/h1-4,9,12-13H,5-8H2,(H,16,18)/t12-,13+/m1/s1. The fraction of sp³-hybridized carbons (Fsp3) is 0.467. The van der Waals surface area contributed by atoms with Crippen molar-refractivity contribution in [1.29, 1.82) is 0 Å². The van der Waals surface area contributed by atoms with E-state index in [9.17, 15) is 9.59 Å². The summed E-state index contributed by atoms with van der Waals surface area (Å²) in [5, 5.41) is 2.93. The van der Waals surface area contributed by atoms with Gasteiger partial charge in [-0.3, -0.25) is 9.59 Å². The molecule has 0 radical (unpaired) electrons. The molecule has 19 heavy (non-hydrogen) atoms. The highest BCUT2D eigenvalue weighted by Gasteiger charge is 2.48. The number of rotatable bonds is 1. The topological polar surface area (TPSA) is 49.4 Å². The van der Waals surface area contributed by atoms with Crippen molar-refractivity contribution in [2.45, 2.75) is 37.9 Å². The zero-order valence-corrected chi connectivity index (χ0v) is 10.6. The largest absolute Gasteiger partial charge is 0.342 e. The molecule has 0 bridgehead atoms. The summed E-state index contributed by atoms with van der Waals surface area (Å²) in [5.74, 6) is 0.502. The van der Waals surface area contributed by atoms with Crippen LogP contribution in [0.25, 0.3) is 0 Å². The van der Waals surface area contributed by atoms with E-state index in [-0.39, 0.29) is 23.9 Å². The first-order valence-electron chi connectivity index (χ1n) is 6.91. The Morgan fingerprint density at radius 2 is 1.84 bits per heavy atom. The van der Waals surface area contributed by atoms with Gasteiger partial charge in [0.05, 0.1) is 0 Å². The molecule has 0 aromatic heterocycles. The number of piperazine rings is 1. The summed E-state index contributed by atoms with van der Waals surface area (Å²) in [6.07, 6.45) is 2.77. The minimum Gasteiger partial charge on any atom is -0.342 e. The van der Waals surface area contributed by atoms with Gasteiger partial charge in [0.2, 0.25) is 11.8 Å². The molecule has 0 unspecified atom stereocenters. The molecule has 2 fully saturated rings. The Hall–Kier alpha value is -1.84. The Kier molecular flexibility index (Phi) is 2.22. The highest BCUT2D eigenvalue weighted by atomic mass is 16.2. The van der Waals surface area contributed by atoms with Gasteiger partial charge in [0.15, 0.2) is 0 Å². The normalized spacial score (nSPS) is 29.6. The van der Waals surface area contributed by atoms with Crippen LogP contribution in [-0.2, 0) is 22.6 Å². The molecule has 1 N–H and O–H groups in total. The molecule has 2 amide bonds. The highest BCUT2D eigenvalue weighted by Crippen LogP contribution is 2.36. The Morgan fingerprint density at radius 3 is 2.58 bits per heavy atom. The number of fused-ring (bicyclic) bond motifs is 2. The van der Waals surface area contributed by atoms with Crippen molar-refractivity contribution in [2.24, 2.45) is 5.92 Å². The number of nitrogens with one attached hydrogen (secondary N) is 1. The fourth-order valence-electron chi connectivity index (χ4n) is 3.23. The summed E-state index contributed by atoms with van der Waals surface area (Å²) in [5.41, 5.74) is 2.37. The van der Waals surface area contributed by atoms with Crippen molar-refractivity contribution in [3.63, 3.8) is 0 Å². The van der Waals surface area contributed by atoms with E-state index in [0.717, 1.165) is 12.8 Å². The smallest absolute Gasteiger partial charge is 0.246 e. The number of carbonyl (C=O) groups is 2. The molecule has 1 aromatic rings. The number of amides is 2. The average Bonchev–Trinajstić information content (AvgIpc) is 3.26. The molecule has 4 heteroatoms. The Morgan fingerprint density at radius 1 is 1.11 bits per heavy atom. The molecule has 1 aliphatic carbocycles. The third-order valence-corrected chi connectivity index (χ3v) is 4.49. The van der Waals surface area contributed by atoms with E-state index in [1.807, 2.05) is 12.1 Å². The fourth-order valence-corrected chi connectivity index (χ4v) is 3.23. The van der Waals surface area contributed by atoms with Crippen molar-refractivity contribution in [1.82, 2.24) is 10.2 Å². The molecule has 4 nitrogen and oxygen atoms in total. The van der Waals surface area contributed by atoms with Gasteiger partial charge in [0.25, 0.3) is 0 Å². The highest BCUT2D eigenvalue weighted by molar-refractivity contribution is 5.97. The molecule has 1 saturated heterocycles. The average molecular weight is 256 g/mol. The predicted molar refractivity (Wildman–Crippen MR) is 69.1 cm³/mol. The van der Waals surface area contributed by atoms with Crippen molar-refractivity contribution < 1.29 is 9.59 Å². The molecule has 1 saturated carbocycles. The van der Waals surface area contributed by atoms with Gasteiger partial charge in [-0.2, -0.15) is 0 Å². The van der Waals surface area contributed by atoms with Crippen LogP contribution >= 0.6 is 0 Å². The summed E-state index contributed by atoms with van der Waals surface area (Å²) in [7, 11) is 0. The van der Waals surface area contributed by atoms with Gasteiger partial charge < -0.3 is 10.2 Å². The summed E-state index contributed by atoms with van der Waals surface area (Å²) in [6, 6.07) is 7.51. The van der Waals surface area contributed by atoms with Crippen LogP contribution in [0.2, 0.25) is 0 Å². The lowest BCUT2D eigenvalue weighted by molar-refractivity contribution is -0.151. The van der Waals surface area contributed by atoms with Gasteiger partial charge in [-0.15, -0.1) is 0 Å². The molecule has 2 aliphatic heterocycles. The number of hydrogen-bond acceptors (Lipinski definition) is 2. The van der Waals surface area contributed by atoms with Gasteiger partial charge >= 0.3 is 0 Å². The minimum atomic E-state index is -0.308. The van der Waals surface area contributed by atoms with Crippen molar-refractivity contribution in [2.75, 3.05) is 0 Å². The number of carbonyl (C=O) groups excluding carboxylic acids is 2. The van der Waals surface area contributed by atoms with Gasteiger partial charge in [0, 0.05) is 13.0 Å². The van der Waals surface area contributed by atoms with Crippen LogP contribution in [0.4, 0.5) is 0 Å². The van der Waals surface area contributed by atoms with Crippen molar-refractivity contribution >= 4 is 11.8 Å². The summed E-state index contributed by atoms with van der Waals surface area (Å²) in [4.78, 5) is 26.5. The molecular formula is C15H16N2O2. The molecular weight excluding hydrogens is 240 g/mol. The number of benzene rings is 1. The maximum absolute atomic E-state index is 12.5. The maximum atomic E-state index is 12.5. The Bertz CT molecular complexity index is 565. The Labute approximate surface area is 111 Å². The van der Waals surface area contributed by atoms with Crippen LogP contribution in [0.1, 0.15) is 24.0 Å². The number of hydrogen-bond donors (Lipinski definition) is 1. The lowest BCUT2D eigenvalue weighted by Crippen LogP contribution is -2.65. The first-order valence-corrected chi connectivity index (χ1v) is 6.91. The summed E-state index contributed by atoms with van der Waals surface area (Å²) in [6.45, 7) is 0.580. The van der Waals surface area contributed by atoms with E-state index in [0.29, 0.717) is 18.9 Å². The zero-order valence-electron chi connectivity index (χ0n) is 10.6. The van der Waals surface area contributed by atoms with Crippen LogP contribution in [0, 0.1) is 5.92 Å². The number of nitrogens with zero attached hydrogens (tertiary/aromatic N) is 1.